The number of aromatic nitrogens is 1. The van der Waals surface area contributed by atoms with Crippen LogP contribution in [-0.2, 0) is 0 Å². The zero-order valence-corrected chi connectivity index (χ0v) is 13.5. The van der Waals surface area contributed by atoms with Crippen LogP contribution in [0.5, 0.6) is 0 Å². The van der Waals surface area contributed by atoms with E-state index >= 15 is 0 Å². The van der Waals surface area contributed by atoms with Crippen molar-refractivity contribution in [3.05, 3.63) is 46.8 Å². The van der Waals surface area contributed by atoms with Gasteiger partial charge in [0.2, 0.25) is 5.95 Å². The summed E-state index contributed by atoms with van der Waals surface area (Å²) in [6, 6.07) is 8.04. The minimum absolute atomic E-state index is 0.449. The number of fused-ring (bicyclic) bond motifs is 1. The lowest BCUT2D eigenvalue weighted by Gasteiger charge is -2.25. The highest BCUT2D eigenvalue weighted by Gasteiger charge is 2.14. The van der Waals surface area contributed by atoms with Gasteiger partial charge in [0, 0.05) is 42.0 Å². The molecule has 4 rings (SSSR count). The predicted molar refractivity (Wildman–Crippen MR) is 95.3 cm³/mol. The molecule has 0 unspecified atom stereocenters. The van der Waals surface area contributed by atoms with E-state index in [1.165, 1.54) is 22.7 Å². The number of halogens is 1. The average Bonchev–Trinajstić information content (AvgIpc) is 2.62. The maximum atomic E-state index is 13.5. The van der Waals surface area contributed by atoms with Crippen LogP contribution in [0.4, 0.5) is 10.1 Å². The van der Waals surface area contributed by atoms with Crippen LogP contribution < -0.4 is 26.4 Å². The Balaban J connectivity index is 1.78. The SMILES string of the molecule is Fc1cc(-c2cc(NC3CCNCC3)c3c(c2)=CCNC=3)ccn1. The minimum atomic E-state index is -0.449. The molecule has 0 bridgehead atoms. The topological polar surface area (TPSA) is 49.0 Å². The summed E-state index contributed by atoms with van der Waals surface area (Å²) in [7, 11) is 0. The quantitative estimate of drug-likeness (QED) is 0.742. The first-order chi connectivity index (χ1) is 11.8. The van der Waals surface area contributed by atoms with Crippen LogP contribution in [0.15, 0.2) is 30.5 Å². The maximum absolute atomic E-state index is 13.5. The van der Waals surface area contributed by atoms with Gasteiger partial charge < -0.3 is 16.0 Å². The number of hydrogen-bond acceptors (Lipinski definition) is 4. The van der Waals surface area contributed by atoms with Gasteiger partial charge in [0.25, 0.3) is 0 Å². The van der Waals surface area contributed by atoms with Gasteiger partial charge in [0.1, 0.15) is 0 Å². The lowest BCUT2D eigenvalue weighted by atomic mass is 10.0. The third-order valence-corrected chi connectivity index (χ3v) is 4.66. The molecule has 0 spiro atoms. The summed E-state index contributed by atoms with van der Waals surface area (Å²) < 4.78 is 13.5. The van der Waals surface area contributed by atoms with Gasteiger partial charge in [-0.05, 0) is 60.5 Å². The number of rotatable bonds is 3. The van der Waals surface area contributed by atoms with Crippen molar-refractivity contribution >= 4 is 18.0 Å². The fourth-order valence-corrected chi connectivity index (χ4v) is 3.39. The van der Waals surface area contributed by atoms with Crippen molar-refractivity contribution in [2.45, 2.75) is 18.9 Å². The summed E-state index contributed by atoms with van der Waals surface area (Å²) in [5, 5.41) is 12.7. The number of anilines is 1. The molecule has 4 nitrogen and oxygen atoms in total. The number of nitrogens with zero attached hydrogens (tertiary/aromatic N) is 1. The van der Waals surface area contributed by atoms with Crippen LogP contribution in [0.3, 0.4) is 0 Å². The lowest BCUT2D eigenvalue weighted by Crippen LogP contribution is -2.40. The Bertz CT molecular complexity index is 856. The van der Waals surface area contributed by atoms with Gasteiger partial charge in [-0.1, -0.05) is 6.08 Å². The number of nitrogens with one attached hydrogen (secondary N) is 3. The molecule has 1 aromatic carbocycles. The summed E-state index contributed by atoms with van der Waals surface area (Å²) in [6.07, 6.45) is 7.97. The second-order valence-electron chi connectivity index (χ2n) is 6.32. The van der Waals surface area contributed by atoms with E-state index in [9.17, 15) is 4.39 Å². The highest BCUT2D eigenvalue weighted by atomic mass is 19.1. The Kier molecular flexibility index (Phi) is 4.17. The van der Waals surface area contributed by atoms with E-state index in [-0.39, 0.29) is 0 Å². The van der Waals surface area contributed by atoms with E-state index < -0.39 is 5.95 Å². The van der Waals surface area contributed by atoms with Crippen molar-refractivity contribution in [2.24, 2.45) is 0 Å². The molecule has 1 saturated heterocycles. The van der Waals surface area contributed by atoms with Gasteiger partial charge in [-0.2, -0.15) is 4.39 Å². The van der Waals surface area contributed by atoms with Gasteiger partial charge in [-0.15, -0.1) is 0 Å². The summed E-state index contributed by atoms with van der Waals surface area (Å²) in [4.78, 5) is 3.66. The van der Waals surface area contributed by atoms with Gasteiger partial charge in [-0.25, -0.2) is 4.98 Å². The van der Waals surface area contributed by atoms with E-state index in [1.54, 1.807) is 0 Å². The van der Waals surface area contributed by atoms with Crippen molar-refractivity contribution in [1.29, 1.82) is 0 Å². The third-order valence-electron chi connectivity index (χ3n) is 4.66. The second kappa shape index (κ2) is 6.61. The van der Waals surface area contributed by atoms with Crippen LogP contribution in [0.25, 0.3) is 23.4 Å². The molecule has 2 aliphatic rings. The zero-order valence-electron chi connectivity index (χ0n) is 13.5. The Labute approximate surface area is 140 Å². The highest BCUT2D eigenvalue weighted by molar-refractivity contribution is 5.70. The molecule has 0 atom stereocenters. The Morgan fingerprint density at radius 3 is 2.83 bits per heavy atom. The first-order valence-electron chi connectivity index (χ1n) is 8.46. The molecule has 2 aliphatic heterocycles. The Morgan fingerprint density at radius 1 is 1.12 bits per heavy atom. The third kappa shape index (κ3) is 3.12. The van der Waals surface area contributed by atoms with Crippen LogP contribution in [0.1, 0.15) is 12.8 Å². The normalized spacial score (nSPS) is 17.2. The van der Waals surface area contributed by atoms with Gasteiger partial charge >= 0.3 is 0 Å². The van der Waals surface area contributed by atoms with E-state index in [1.807, 2.05) is 6.07 Å². The second-order valence-corrected chi connectivity index (χ2v) is 6.32. The molecule has 3 heterocycles. The van der Waals surface area contributed by atoms with Crippen molar-refractivity contribution in [2.75, 3.05) is 25.0 Å². The molecule has 5 heteroatoms. The molecule has 24 heavy (non-hydrogen) atoms. The molecule has 2 aromatic rings. The molecule has 3 N–H and O–H groups in total. The van der Waals surface area contributed by atoms with Crippen molar-refractivity contribution in [3.8, 4) is 11.1 Å². The molecule has 0 aliphatic carbocycles. The number of hydrogen-bond donors (Lipinski definition) is 3. The molecule has 0 radical (unpaired) electrons. The molecule has 0 saturated carbocycles. The van der Waals surface area contributed by atoms with E-state index in [0.717, 1.165) is 49.3 Å². The monoisotopic (exact) mass is 324 g/mol. The number of piperidine rings is 1. The van der Waals surface area contributed by atoms with Crippen LogP contribution in [-0.4, -0.2) is 30.7 Å². The largest absolute Gasteiger partial charge is 0.387 e. The molecule has 1 fully saturated rings. The fraction of sp³-hybridized carbons (Fsp3) is 0.316. The summed E-state index contributed by atoms with van der Waals surface area (Å²) in [5.41, 5.74) is 2.97. The van der Waals surface area contributed by atoms with Crippen molar-refractivity contribution in [3.63, 3.8) is 0 Å². The minimum Gasteiger partial charge on any atom is -0.387 e. The number of benzene rings is 1. The molecule has 1 aromatic heterocycles. The smallest absolute Gasteiger partial charge is 0.213 e. The summed E-state index contributed by atoms with van der Waals surface area (Å²) in [6.45, 7) is 2.90. The Morgan fingerprint density at radius 2 is 2.00 bits per heavy atom. The van der Waals surface area contributed by atoms with Gasteiger partial charge in [0.05, 0.1) is 0 Å². The predicted octanol–water partition coefficient (Wildman–Crippen LogP) is 1.17. The van der Waals surface area contributed by atoms with Gasteiger partial charge in [-0.3, -0.25) is 0 Å². The first kappa shape index (κ1) is 15.1. The lowest BCUT2D eigenvalue weighted by molar-refractivity contribution is 0.479. The molecule has 0 amide bonds. The number of pyridine rings is 1. The van der Waals surface area contributed by atoms with E-state index in [0.29, 0.717) is 6.04 Å². The standard InChI is InChI=1S/C19H21FN4/c20-19-11-13(2-8-23-19)15-9-14-1-5-22-12-17(14)18(10-15)24-16-3-6-21-7-4-16/h1-2,8-12,16,21-22,24H,3-7H2. The Hall–Kier alpha value is -2.40. The first-order valence-corrected chi connectivity index (χ1v) is 8.46. The molecular weight excluding hydrogens is 303 g/mol. The van der Waals surface area contributed by atoms with Crippen molar-refractivity contribution in [1.82, 2.24) is 15.6 Å². The van der Waals surface area contributed by atoms with E-state index in [2.05, 4.69) is 45.3 Å². The van der Waals surface area contributed by atoms with E-state index in [4.69, 9.17) is 0 Å². The molecular formula is C19H21FN4. The zero-order chi connectivity index (χ0) is 16.4. The molecule has 124 valence electrons. The fourth-order valence-electron chi connectivity index (χ4n) is 3.39. The van der Waals surface area contributed by atoms with Crippen LogP contribution in [0, 0.1) is 5.95 Å². The van der Waals surface area contributed by atoms with Crippen molar-refractivity contribution < 1.29 is 4.39 Å². The highest BCUT2D eigenvalue weighted by Crippen LogP contribution is 2.21. The average molecular weight is 324 g/mol. The van der Waals surface area contributed by atoms with Crippen LogP contribution >= 0.6 is 0 Å². The summed E-state index contributed by atoms with van der Waals surface area (Å²) >= 11 is 0. The van der Waals surface area contributed by atoms with Gasteiger partial charge in [0.15, 0.2) is 0 Å². The van der Waals surface area contributed by atoms with Crippen LogP contribution in [0.2, 0.25) is 0 Å². The summed E-state index contributed by atoms with van der Waals surface area (Å²) in [5.74, 6) is -0.449. The maximum Gasteiger partial charge on any atom is 0.213 e.